The van der Waals surface area contributed by atoms with Crippen molar-refractivity contribution in [3.8, 4) is 0 Å². The van der Waals surface area contributed by atoms with Crippen LogP contribution in [0.2, 0.25) is 0 Å². The van der Waals surface area contributed by atoms with E-state index in [4.69, 9.17) is 0 Å². The summed E-state index contributed by atoms with van der Waals surface area (Å²) in [4.78, 5) is 48.9. The first-order valence-corrected chi connectivity index (χ1v) is 7.34. The summed E-state index contributed by atoms with van der Waals surface area (Å²) in [5.74, 6) is -1.14. The number of hydrogen-bond acceptors (Lipinski definition) is 4. The van der Waals surface area contributed by atoms with E-state index in [2.05, 4.69) is 5.32 Å². The van der Waals surface area contributed by atoms with Gasteiger partial charge < -0.3 is 0 Å². The number of urea groups is 1. The Labute approximate surface area is 138 Å². The maximum absolute atomic E-state index is 12.3. The van der Waals surface area contributed by atoms with Crippen molar-refractivity contribution >= 4 is 29.3 Å². The van der Waals surface area contributed by atoms with E-state index < -0.39 is 17.8 Å². The van der Waals surface area contributed by atoms with Crippen LogP contribution >= 0.6 is 0 Å². The van der Waals surface area contributed by atoms with Crippen LogP contribution in [-0.4, -0.2) is 23.6 Å². The number of fused-ring (bicyclic) bond motifs is 1. The Kier molecular flexibility index (Phi) is 3.95. The van der Waals surface area contributed by atoms with Crippen molar-refractivity contribution in [1.82, 2.24) is 5.32 Å². The zero-order valence-electron chi connectivity index (χ0n) is 12.9. The fourth-order valence-corrected chi connectivity index (χ4v) is 2.58. The fraction of sp³-hybridized carbons (Fsp3) is 0.111. The lowest BCUT2D eigenvalue weighted by atomic mass is 10.1. The molecule has 0 saturated heterocycles. The van der Waals surface area contributed by atoms with E-state index in [0.717, 1.165) is 4.90 Å². The fourth-order valence-electron chi connectivity index (χ4n) is 2.58. The molecule has 1 N–H and O–H groups in total. The quantitative estimate of drug-likeness (QED) is 0.860. The summed E-state index contributed by atoms with van der Waals surface area (Å²) >= 11 is 0. The summed E-state index contributed by atoms with van der Waals surface area (Å²) in [6, 6.07) is 12.2. The summed E-state index contributed by atoms with van der Waals surface area (Å²) < 4.78 is 0. The Hall–Kier alpha value is -3.28. The van der Waals surface area contributed by atoms with Crippen LogP contribution in [0.3, 0.4) is 0 Å². The lowest BCUT2D eigenvalue weighted by molar-refractivity contribution is -0.116. The van der Waals surface area contributed by atoms with Crippen LogP contribution in [0.5, 0.6) is 0 Å². The molecule has 2 aromatic carbocycles. The molecule has 24 heavy (non-hydrogen) atoms. The molecule has 6 nitrogen and oxygen atoms in total. The highest BCUT2D eigenvalue weighted by Gasteiger charge is 2.33. The van der Waals surface area contributed by atoms with Gasteiger partial charge in [-0.3, -0.25) is 19.7 Å². The second-order valence-electron chi connectivity index (χ2n) is 5.43. The molecule has 0 aliphatic carbocycles. The van der Waals surface area contributed by atoms with Gasteiger partial charge in [0, 0.05) is 11.1 Å². The molecule has 1 heterocycles. The monoisotopic (exact) mass is 322 g/mol. The van der Waals surface area contributed by atoms with E-state index in [9.17, 15) is 19.2 Å². The van der Waals surface area contributed by atoms with Gasteiger partial charge in [-0.15, -0.1) is 0 Å². The molecule has 1 aliphatic heterocycles. The minimum absolute atomic E-state index is 0.0173. The number of amides is 4. The summed E-state index contributed by atoms with van der Waals surface area (Å²) in [5.41, 5.74) is 1.78. The molecule has 6 heteroatoms. The second kappa shape index (κ2) is 6.08. The van der Waals surface area contributed by atoms with Gasteiger partial charge in [-0.1, -0.05) is 18.2 Å². The van der Waals surface area contributed by atoms with Gasteiger partial charge in [0.1, 0.15) is 0 Å². The van der Waals surface area contributed by atoms with Gasteiger partial charge in [0.15, 0.2) is 5.78 Å². The molecular weight excluding hydrogens is 308 g/mol. The van der Waals surface area contributed by atoms with Crippen molar-refractivity contribution in [2.45, 2.75) is 13.3 Å². The van der Waals surface area contributed by atoms with Crippen LogP contribution in [0.15, 0.2) is 48.5 Å². The molecule has 0 fully saturated rings. The van der Waals surface area contributed by atoms with Gasteiger partial charge in [0.25, 0.3) is 5.91 Å². The molecule has 0 atom stereocenters. The average molecular weight is 322 g/mol. The third-order valence-electron chi connectivity index (χ3n) is 3.78. The summed E-state index contributed by atoms with van der Waals surface area (Å²) in [7, 11) is 0. The summed E-state index contributed by atoms with van der Waals surface area (Å²) in [5, 5.41) is 2.21. The van der Waals surface area contributed by atoms with Crippen LogP contribution in [0, 0.1) is 0 Å². The first-order chi connectivity index (χ1) is 11.5. The number of nitrogens with one attached hydrogen (secondary N) is 1. The number of ketones is 1. The molecule has 0 aromatic heterocycles. The number of anilines is 1. The number of carbonyl (C=O) groups excluding carboxylic acids is 4. The number of rotatable bonds is 2. The molecule has 0 spiro atoms. The summed E-state index contributed by atoms with van der Waals surface area (Å²) in [6.45, 7) is 1.43. The maximum atomic E-state index is 12.3. The van der Waals surface area contributed by atoms with E-state index in [0.29, 0.717) is 22.4 Å². The number of Topliss-reactive ketones (excluding diaryl/α,β-unsaturated/α-hetero) is 1. The van der Waals surface area contributed by atoms with E-state index in [1.807, 2.05) is 0 Å². The van der Waals surface area contributed by atoms with Gasteiger partial charge in [-0.05, 0) is 42.8 Å². The predicted octanol–water partition coefficient (Wildman–Crippen LogP) is 2.33. The zero-order chi connectivity index (χ0) is 17.3. The molecule has 0 saturated carbocycles. The first kappa shape index (κ1) is 15.6. The number of hydrogen-bond donors (Lipinski definition) is 1. The highest BCUT2D eigenvalue weighted by molar-refractivity contribution is 6.22. The highest BCUT2D eigenvalue weighted by Crippen LogP contribution is 2.30. The van der Waals surface area contributed by atoms with Crippen LogP contribution in [-0.2, 0) is 11.2 Å². The average Bonchev–Trinajstić information content (AvgIpc) is 2.90. The number of benzene rings is 2. The van der Waals surface area contributed by atoms with Crippen molar-refractivity contribution < 1.29 is 19.2 Å². The smallest absolute Gasteiger partial charge is 0.295 e. The number of carbonyl (C=O) groups is 4. The minimum Gasteiger partial charge on any atom is -0.295 e. The van der Waals surface area contributed by atoms with Gasteiger partial charge in [-0.2, -0.15) is 0 Å². The Morgan fingerprint density at radius 1 is 1.00 bits per heavy atom. The number of imide groups is 2. The van der Waals surface area contributed by atoms with E-state index >= 15 is 0 Å². The van der Waals surface area contributed by atoms with Crippen LogP contribution in [0.25, 0.3) is 0 Å². The van der Waals surface area contributed by atoms with Crippen LogP contribution in [0.4, 0.5) is 10.5 Å². The Balaban J connectivity index is 1.83. The lowest BCUT2D eigenvalue weighted by Gasteiger charge is -2.16. The first-order valence-electron chi connectivity index (χ1n) is 7.34. The van der Waals surface area contributed by atoms with Crippen LogP contribution in [0.1, 0.15) is 33.2 Å². The van der Waals surface area contributed by atoms with Gasteiger partial charge in [-0.25, -0.2) is 9.69 Å². The molecule has 2 aromatic rings. The van der Waals surface area contributed by atoms with Crippen molar-refractivity contribution in [3.63, 3.8) is 0 Å². The van der Waals surface area contributed by atoms with E-state index in [1.54, 1.807) is 48.5 Å². The Bertz CT molecular complexity index is 859. The minimum atomic E-state index is -0.803. The maximum Gasteiger partial charge on any atom is 0.335 e. The molecule has 0 bridgehead atoms. The predicted molar refractivity (Wildman–Crippen MR) is 86.9 cm³/mol. The van der Waals surface area contributed by atoms with E-state index in [-0.39, 0.29) is 12.2 Å². The Morgan fingerprint density at radius 2 is 1.71 bits per heavy atom. The normalized spacial score (nSPS) is 12.7. The van der Waals surface area contributed by atoms with Crippen LogP contribution < -0.4 is 10.2 Å². The standard InChI is InChI=1S/C18H14N2O4/c1-11(21)13-7-8-15-14(9-13)10-16(22)20(15)18(24)19-17(23)12-5-3-2-4-6-12/h2-9H,10H2,1H3,(H,19,23,24). The molecule has 4 amide bonds. The zero-order valence-corrected chi connectivity index (χ0v) is 12.9. The molecule has 1 aliphatic rings. The van der Waals surface area contributed by atoms with Crippen molar-refractivity contribution in [1.29, 1.82) is 0 Å². The van der Waals surface area contributed by atoms with Crippen molar-refractivity contribution in [2.75, 3.05) is 4.90 Å². The molecule has 0 radical (unpaired) electrons. The van der Waals surface area contributed by atoms with Gasteiger partial charge >= 0.3 is 6.03 Å². The largest absolute Gasteiger partial charge is 0.335 e. The molecule has 120 valence electrons. The number of nitrogens with zero attached hydrogens (tertiary/aromatic N) is 1. The Morgan fingerprint density at radius 3 is 2.38 bits per heavy atom. The molecule has 0 unspecified atom stereocenters. The molecule has 3 rings (SSSR count). The summed E-state index contributed by atoms with van der Waals surface area (Å²) in [6.07, 6.45) is 0.0173. The SMILES string of the molecule is CC(=O)c1ccc2c(c1)CC(=O)N2C(=O)NC(=O)c1ccccc1. The third kappa shape index (κ3) is 2.81. The van der Waals surface area contributed by atoms with Gasteiger partial charge in [0.05, 0.1) is 12.1 Å². The topological polar surface area (TPSA) is 83.6 Å². The van der Waals surface area contributed by atoms with E-state index in [1.165, 1.54) is 6.92 Å². The third-order valence-corrected chi connectivity index (χ3v) is 3.78. The van der Waals surface area contributed by atoms with Gasteiger partial charge in [0.2, 0.25) is 5.91 Å². The molecular formula is C18H14N2O4. The van der Waals surface area contributed by atoms with Crippen molar-refractivity contribution in [3.05, 3.63) is 65.2 Å². The highest BCUT2D eigenvalue weighted by atomic mass is 16.2. The second-order valence-corrected chi connectivity index (χ2v) is 5.43. The lowest BCUT2D eigenvalue weighted by Crippen LogP contribution is -2.44. The van der Waals surface area contributed by atoms with Crippen molar-refractivity contribution in [2.24, 2.45) is 0 Å².